The first-order valence-corrected chi connectivity index (χ1v) is 1.84. The third-order valence-corrected chi connectivity index (χ3v) is 0. The molecule has 0 radical (unpaired) electrons. The zero-order valence-corrected chi connectivity index (χ0v) is 6.91. The van der Waals surface area contributed by atoms with Crippen LogP contribution in [-0.2, 0) is 26.2 Å². The zero-order valence-electron chi connectivity index (χ0n) is 2.93. The Hall–Kier alpha value is 1.10. The molecule has 0 unspecified atom stereocenters. The minimum absolute atomic E-state index is 0. The molecule has 0 aliphatic rings. The Kier molecular flexibility index (Phi) is 24.7. The van der Waals surface area contributed by atoms with E-state index in [0.29, 0.717) is 0 Å². The third kappa shape index (κ3) is 71.1. The van der Waals surface area contributed by atoms with Gasteiger partial charge in [-0.2, -0.15) is 0 Å². The standard InChI is InChI=1S/Mg.O3Si.Ti/c;1-4(2)3;/q+2;-2;. The molecule has 3 nitrogen and oxygen atoms in total. The fourth-order valence-corrected chi connectivity index (χ4v) is 0. The average molecular weight is 148 g/mol. The van der Waals surface area contributed by atoms with E-state index in [1.807, 2.05) is 0 Å². The van der Waals surface area contributed by atoms with Gasteiger partial charge in [0.15, 0.2) is 0 Å². The van der Waals surface area contributed by atoms with Crippen molar-refractivity contribution >= 4 is 32.2 Å². The number of hydrogen-bond acceptors (Lipinski definition) is 3. The number of rotatable bonds is 0. The van der Waals surface area contributed by atoms with Crippen molar-refractivity contribution in [3.8, 4) is 0 Å². The Balaban J connectivity index is -0.0000000450. The largest absolute Gasteiger partial charge is 2.00 e. The Morgan fingerprint density at radius 2 is 1.33 bits per heavy atom. The second kappa shape index (κ2) is 9.44. The Labute approximate surface area is 67.7 Å². The Morgan fingerprint density at radius 3 is 1.33 bits per heavy atom. The quantitative estimate of drug-likeness (QED) is 0.339. The molecule has 0 saturated heterocycles. The van der Waals surface area contributed by atoms with Crippen LogP contribution >= 0.6 is 0 Å². The average Bonchev–Trinajstić information content (AvgIpc) is 0.811. The Morgan fingerprint density at radius 1 is 1.33 bits per heavy atom. The molecule has 0 amide bonds. The van der Waals surface area contributed by atoms with E-state index in [0.717, 1.165) is 0 Å². The van der Waals surface area contributed by atoms with Crippen LogP contribution in [0.15, 0.2) is 0 Å². The normalized spacial score (nSPS) is 4.00. The van der Waals surface area contributed by atoms with Crippen LogP contribution in [0.3, 0.4) is 0 Å². The van der Waals surface area contributed by atoms with E-state index < -0.39 is 9.17 Å². The molecule has 0 spiro atoms. The summed E-state index contributed by atoms with van der Waals surface area (Å²) in [5.41, 5.74) is 0. The molecule has 6 heteroatoms. The van der Waals surface area contributed by atoms with Gasteiger partial charge in [-0.15, -0.1) is 0 Å². The number of hydrogen-bond donors (Lipinski definition) is 0. The van der Waals surface area contributed by atoms with Crippen molar-refractivity contribution in [3.05, 3.63) is 0 Å². The van der Waals surface area contributed by atoms with Gasteiger partial charge < -0.3 is 14.1 Å². The van der Waals surface area contributed by atoms with Crippen molar-refractivity contribution in [3.63, 3.8) is 0 Å². The summed E-state index contributed by atoms with van der Waals surface area (Å²) in [6, 6.07) is 0. The van der Waals surface area contributed by atoms with Crippen LogP contribution in [0.5, 0.6) is 0 Å². The molecule has 0 heterocycles. The molecule has 0 aromatic rings. The van der Waals surface area contributed by atoms with Crippen LogP contribution < -0.4 is 9.59 Å². The predicted octanol–water partition coefficient (Wildman–Crippen LogP) is -3.26. The van der Waals surface area contributed by atoms with E-state index in [-0.39, 0.29) is 44.8 Å². The van der Waals surface area contributed by atoms with Gasteiger partial charge in [-0.3, -0.25) is 0 Å². The first-order valence-electron chi connectivity index (χ1n) is 0.612. The molecule has 0 bridgehead atoms. The summed E-state index contributed by atoms with van der Waals surface area (Å²) in [5, 5.41) is 0. The molecule has 0 atom stereocenters. The maximum Gasteiger partial charge on any atom is 2.00 e. The van der Waals surface area contributed by atoms with Gasteiger partial charge in [0.2, 0.25) is 0 Å². The van der Waals surface area contributed by atoms with Gasteiger partial charge in [-0.25, -0.2) is 0 Å². The van der Waals surface area contributed by atoms with E-state index in [2.05, 4.69) is 0 Å². The maximum absolute atomic E-state index is 8.52. The van der Waals surface area contributed by atoms with E-state index in [1.54, 1.807) is 0 Å². The van der Waals surface area contributed by atoms with Gasteiger partial charge in [-0.05, 0) is 0 Å². The van der Waals surface area contributed by atoms with Crippen molar-refractivity contribution < 1.29 is 35.8 Å². The van der Waals surface area contributed by atoms with Gasteiger partial charge in [-0.1, -0.05) is 0 Å². The molecule has 0 saturated carbocycles. The fourth-order valence-electron chi connectivity index (χ4n) is 0. The summed E-state index contributed by atoms with van der Waals surface area (Å²) >= 11 is 0. The molecule has 0 N–H and O–H groups in total. The first kappa shape index (κ1) is 15.7. The zero-order chi connectivity index (χ0) is 3.58. The second-order valence-electron chi connectivity index (χ2n) is 0.250. The molecule has 0 aliphatic carbocycles. The minimum atomic E-state index is -3.63. The van der Waals surface area contributed by atoms with Crippen molar-refractivity contribution in [1.29, 1.82) is 0 Å². The molecule has 0 fully saturated rings. The summed E-state index contributed by atoms with van der Waals surface area (Å²) in [6.45, 7) is 0. The van der Waals surface area contributed by atoms with Gasteiger partial charge in [0.25, 0.3) is 0 Å². The van der Waals surface area contributed by atoms with Gasteiger partial charge in [0.05, 0.1) is 0 Å². The molecule has 0 aliphatic heterocycles. The van der Waals surface area contributed by atoms with Gasteiger partial charge >= 0.3 is 23.1 Å². The van der Waals surface area contributed by atoms with Crippen LogP contribution in [0.4, 0.5) is 0 Å². The van der Waals surface area contributed by atoms with Gasteiger partial charge in [0.1, 0.15) is 0 Å². The van der Waals surface area contributed by atoms with E-state index in [4.69, 9.17) is 14.1 Å². The Bertz CT molecular complexity index is 33.8. The molecule has 0 aromatic heterocycles. The van der Waals surface area contributed by atoms with Crippen LogP contribution in [0.2, 0.25) is 0 Å². The predicted molar refractivity (Wildman–Crippen MR) is 12.2 cm³/mol. The first-order chi connectivity index (χ1) is 1.73. The monoisotopic (exact) mass is 148 g/mol. The minimum Gasteiger partial charge on any atom is -0.672 e. The van der Waals surface area contributed by atoms with Crippen molar-refractivity contribution in [2.75, 3.05) is 0 Å². The maximum atomic E-state index is 8.52. The SMILES string of the molecule is O=[Si]([O-])[O-].[Mg+2].[Ti]. The summed E-state index contributed by atoms with van der Waals surface area (Å²) in [6.07, 6.45) is 0. The summed E-state index contributed by atoms with van der Waals surface area (Å²) in [7, 11) is -3.63. The molecule has 6 heavy (non-hydrogen) atoms. The molecule has 0 aromatic carbocycles. The van der Waals surface area contributed by atoms with Crippen molar-refractivity contribution in [2.24, 2.45) is 0 Å². The van der Waals surface area contributed by atoms with Crippen molar-refractivity contribution in [2.45, 2.75) is 0 Å². The van der Waals surface area contributed by atoms with Gasteiger partial charge in [0, 0.05) is 30.9 Å². The van der Waals surface area contributed by atoms with Crippen LogP contribution in [-0.4, -0.2) is 32.2 Å². The fraction of sp³-hybridized carbons (Fsp3) is 0. The summed E-state index contributed by atoms with van der Waals surface area (Å²) < 4.78 is 8.52. The molecule has 0 rings (SSSR count). The van der Waals surface area contributed by atoms with E-state index in [1.165, 1.54) is 0 Å². The molecule has 28 valence electrons. The molecular weight excluding hydrogens is 148 g/mol. The van der Waals surface area contributed by atoms with Crippen LogP contribution in [0, 0.1) is 0 Å². The smallest absolute Gasteiger partial charge is 0.672 e. The van der Waals surface area contributed by atoms with Crippen LogP contribution in [0.1, 0.15) is 0 Å². The molecular formula is MgO3SiTi. The second-order valence-corrected chi connectivity index (χ2v) is 0.750. The third-order valence-electron chi connectivity index (χ3n) is 0. The summed E-state index contributed by atoms with van der Waals surface area (Å²) in [4.78, 5) is 17.0. The topological polar surface area (TPSA) is 63.2 Å². The van der Waals surface area contributed by atoms with Crippen LogP contribution in [0.25, 0.3) is 0 Å². The van der Waals surface area contributed by atoms with E-state index >= 15 is 0 Å². The van der Waals surface area contributed by atoms with Crippen molar-refractivity contribution in [1.82, 2.24) is 0 Å². The summed E-state index contributed by atoms with van der Waals surface area (Å²) in [5.74, 6) is 0. The van der Waals surface area contributed by atoms with E-state index in [9.17, 15) is 0 Å².